The summed E-state index contributed by atoms with van der Waals surface area (Å²) in [6, 6.07) is 3.66. The van der Waals surface area contributed by atoms with E-state index in [-0.39, 0.29) is 19.1 Å². The number of likely N-dealkylation sites (N-methyl/N-ethyl adjacent to an activating group) is 2. The number of aliphatic hydroxyl groups excluding tert-OH is 1. The number of hydrogen-bond acceptors (Lipinski definition) is 4. The highest BCUT2D eigenvalue weighted by atomic mass is 35.5. The molecule has 32 heavy (non-hydrogen) atoms. The molecule has 1 aromatic carbocycles. The number of carbonyl (C=O) groups excluding carboxylic acids is 2. The molecule has 0 aromatic heterocycles. The SMILES string of the molecule is CN1C(=O)C2C(=NC(=[N+]3CCCCC3)N2CC(O)COc2ccc(Cl)cc2Cl)N(C)C1=O. The summed E-state index contributed by atoms with van der Waals surface area (Å²) in [7, 11) is 3.06. The molecule has 3 aliphatic rings. The van der Waals surface area contributed by atoms with Crippen LogP contribution < -0.4 is 4.74 Å². The maximum atomic E-state index is 13.0. The first-order chi connectivity index (χ1) is 15.3. The number of benzene rings is 1. The maximum absolute atomic E-state index is 13.0. The van der Waals surface area contributed by atoms with Crippen molar-refractivity contribution in [2.24, 2.45) is 4.99 Å². The number of fused-ring (bicyclic) bond motifs is 1. The number of guanidine groups is 1. The van der Waals surface area contributed by atoms with Crippen LogP contribution in [0.1, 0.15) is 19.3 Å². The second-order valence-electron chi connectivity index (χ2n) is 8.15. The van der Waals surface area contributed by atoms with Crippen LogP contribution in [0.4, 0.5) is 4.79 Å². The van der Waals surface area contributed by atoms with Crippen LogP contribution in [0.15, 0.2) is 23.2 Å². The first kappa shape index (κ1) is 22.8. The molecule has 2 atom stereocenters. The molecule has 2 fully saturated rings. The highest BCUT2D eigenvalue weighted by Gasteiger charge is 2.55. The smallest absolute Gasteiger partial charge is 0.392 e. The Morgan fingerprint density at radius 1 is 1.19 bits per heavy atom. The van der Waals surface area contributed by atoms with E-state index < -0.39 is 18.2 Å². The molecule has 0 radical (unpaired) electrons. The Morgan fingerprint density at radius 2 is 1.91 bits per heavy atom. The van der Waals surface area contributed by atoms with Crippen LogP contribution in [-0.2, 0) is 4.79 Å². The molecule has 172 valence electrons. The van der Waals surface area contributed by atoms with Gasteiger partial charge in [-0.05, 0) is 37.5 Å². The molecule has 1 aromatic rings. The van der Waals surface area contributed by atoms with Crippen molar-refractivity contribution in [3.05, 3.63) is 28.2 Å². The van der Waals surface area contributed by atoms with E-state index in [2.05, 4.69) is 9.57 Å². The average Bonchev–Trinajstić information content (AvgIpc) is 3.15. The van der Waals surface area contributed by atoms with Gasteiger partial charge in [-0.25, -0.2) is 9.69 Å². The summed E-state index contributed by atoms with van der Waals surface area (Å²) >= 11 is 12.1. The monoisotopic (exact) mass is 482 g/mol. The summed E-state index contributed by atoms with van der Waals surface area (Å²) in [6.45, 7) is 1.69. The molecule has 2 saturated heterocycles. The quantitative estimate of drug-likeness (QED) is 0.647. The van der Waals surface area contributed by atoms with Gasteiger partial charge in [-0.2, -0.15) is 0 Å². The summed E-state index contributed by atoms with van der Waals surface area (Å²) in [4.78, 5) is 34.4. The molecule has 4 rings (SSSR count). The van der Waals surface area contributed by atoms with Crippen LogP contribution >= 0.6 is 23.2 Å². The highest BCUT2D eigenvalue weighted by molar-refractivity contribution is 6.35. The normalized spacial score (nSPS) is 22.3. The number of urea groups is 1. The number of amides is 3. The zero-order valence-electron chi connectivity index (χ0n) is 18.0. The molecule has 0 saturated carbocycles. The zero-order valence-corrected chi connectivity index (χ0v) is 19.5. The van der Waals surface area contributed by atoms with E-state index in [1.54, 1.807) is 30.1 Å². The third-order valence-corrected chi connectivity index (χ3v) is 6.41. The molecule has 3 aliphatic heterocycles. The van der Waals surface area contributed by atoms with E-state index in [4.69, 9.17) is 27.9 Å². The van der Waals surface area contributed by atoms with Crippen molar-refractivity contribution in [1.82, 2.24) is 14.7 Å². The number of carbonyl (C=O) groups is 2. The van der Waals surface area contributed by atoms with Crippen molar-refractivity contribution < 1.29 is 24.0 Å². The summed E-state index contributed by atoms with van der Waals surface area (Å²) in [5.74, 6) is 1.03. The number of piperidine rings is 1. The molecule has 9 nitrogen and oxygen atoms in total. The second-order valence-corrected chi connectivity index (χ2v) is 8.99. The lowest BCUT2D eigenvalue weighted by molar-refractivity contribution is -0.542. The fraction of sp³-hybridized carbons (Fsp3) is 0.524. The molecule has 3 amide bonds. The van der Waals surface area contributed by atoms with E-state index in [1.165, 1.54) is 11.9 Å². The predicted molar refractivity (Wildman–Crippen MR) is 121 cm³/mol. The van der Waals surface area contributed by atoms with E-state index >= 15 is 0 Å². The Balaban J connectivity index is 1.56. The van der Waals surface area contributed by atoms with Gasteiger partial charge < -0.3 is 9.84 Å². The Morgan fingerprint density at radius 3 is 2.59 bits per heavy atom. The molecular formula is C21H26Cl2N5O4+. The van der Waals surface area contributed by atoms with Crippen LogP contribution in [0.2, 0.25) is 10.0 Å². The van der Waals surface area contributed by atoms with Crippen LogP contribution in [0.3, 0.4) is 0 Å². The number of amidine groups is 1. The number of rotatable bonds is 5. The minimum atomic E-state index is -0.933. The van der Waals surface area contributed by atoms with Crippen molar-refractivity contribution in [3.8, 4) is 5.75 Å². The van der Waals surface area contributed by atoms with E-state index in [0.29, 0.717) is 27.6 Å². The topological polar surface area (TPSA) is 88.7 Å². The lowest BCUT2D eigenvalue weighted by Gasteiger charge is -2.33. The Hall–Kier alpha value is -2.36. The second kappa shape index (κ2) is 9.25. The lowest BCUT2D eigenvalue weighted by Crippen LogP contribution is -2.63. The third kappa shape index (κ3) is 4.29. The van der Waals surface area contributed by atoms with E-state index in [0.717, 1.165) is 37.3 Å². The average molecular weight is 483 g/mol. The number of ether oxygens (including phenoxy) is 1. The van der Waals surface area contributed by atoms with Gasteiger partial charge in [0.2, 0.25) is 11.9 Å². The van der Waals surface area contributed by atoms with Crippen LogP contribution in [0.25, 0.3) is 0 Å². The molecule has 2 unspecified atom stereocenters. The molecule has 0 spiro atoms. The summed E-state index contributed by atoms with van der Waals surface area (Å²) in [6.07, 6.45) is 2.26. The van der Waals surface area contributed by atoms with Crippen LogP contribution in [0, 0.1) is 0 Å². The van der Waals surface area contributed by atoms with Gasteiger partial charge in [0.05, 0.1) is 24.7 Å². The fourth-order valence-electron chi connectivity index (χ4n) is 4.18. The number of aliphatic hydroxyl groups is 1. The fourth-order valence-corrected chi connectivity index (χ4v) is 4.64. The van der Waals surface area contributed by atoms with E-state index in [9.17, 15) is 14.7 Å². The number of nitrogens with zero attached hydrogens (tertiary/aromatic N) is 5. The largest absolute Gasteiger partial charge is 0.489 e. The van der Waals surface area contributed by atoms with E-state index in [1.807, 2.05) is 0 Å². The number of imide groups is 1. The standard InChI is InChI=1S/C21H26Cl2N5O4/c1-25-18-17(19(30)26(2)21(25)31)28(20(24-18)27-8-4-3-5-9-27)11-14(29)12-32-16-7-6-13(22)10-15(16)23/h6-7,10,14,17,29H,3-5,8-9,11-12H2,1-2H3/q+1. The van der Waals surface area contributed by atoms with Crippen LogP contribution in [0.5, 0.6) is 5.75 Å². The van der Waals surface area contributed by atoms with Gasteiger partial charge in [-0.1, -0.05) is 28.2 Å². The van der Waals surface area contributed by atoms with Crippen LogP contribution in [-0.4, -0.2) is 101 Å². The number of hydrogen-bond donors (Lipinski definition) is 1. The highest BCUT2D eigenvalue weighted by Crippen LogP contribution is 2.28. The number of aliphatic imine (C=N–C) groups is 1. The first-order valence-corrected chi connectivity index (χ1v) is 11.3. The molecular weight excluding hydrogens is 457 g/mol. The van der Waals surface area contributed by atoms with Gasteiger partial charge in [0.1, 0.15) is 18.5 Å². The van der Waals surface area contributed by atoms with Gasteiger partial charge in [0.25, 0.3) is 5.91 Å². The number of halogens is 2. The minimum Gasteiger partial charge on any atom is -0.489 e. The van der Waals surface area contributed by atoms with Gasteiger partial charge in [-0.15, -0.1) is 0 Å². The summed E-state index contributed by atoms with van der Waals surface area (Å²) in [5, 5.41) is 11.6. The molecule has 1 N–H and O–H groups in total. The van der Waals surface area contributed by atoms with Crippen molar-refractivity contribution in [2.45, 2.75) is 31.4 Å². The van der Waals surface area contributed by atoms with Gasteiger partial charge in [-0.3, -0.25) is 19.2 Å². The maximum Gasteiger partial charge on any atom is 0.392 e. The third-order valence-electron chi connectivity index (χ3n) is 5.88. The Kier molecular flexibility index (Phi) is 6.60. The van der Waals surface area contributed by atoms with Gasteiger partial charge >= 0.3 is 12.0 Å². The molecule has 11 heteroatoms. The minimum absolute atomic E-state index is 0.0357. The Bertz CT molecular complexity index is 990. The molecule has 0 aliphatic carbocycles. The number of β-amino-alcohol motifs (C(OH)–C–C–N with tert-alkyl or cyclic N) is 1. The summed E-state index contributed by atoms with van der Waals surface area (Å²) in [5.41, 5.74) is 0. The lowest BCUT2D eigenvalue weighted by atomic mass is 10.1. The van der Waals surface area contributed by atoms with Crippen molar-refractivity contribution in [1.29, 1.82) is 0 Å². The first-order valence-electron chi connectivity index (χ1n) is 10.6. The van der Waals surface area contributed by atoms with Crippen molar-refractivity contribution in [3.63, 3.8) is 0 Å². The molecule has 3 heterocycles. The Labute approximate surface area is 196 Å². The molecule has 0 bridgehead atoms. The summed E-state index contributed by atoms with van der Waals surface area (Å²) < 4.78 is 7.79. The van der Waals surface area contributed by atoms with Gasteiger partial charge in [0, 0.05) is 19.1 Å². The zero-order chi connectivity index (χ0) is 23.0. The van der Waals surface area contributed by atoms with Crippen molar-refractivity contribution >= 4 is 46.9 Å². The predicted octanol–water partition coefficient (Wildman–Crippen LogP) is 1.89. The van der Waals surface area contributed by atoms with Gasteiger partial charge in [0.15, 0.2) is 0 Å². The van der Waals surface area contributed by atoms with Crippen molar-refractivity contribution in [2.75, 3.05) is 40.3 Å².